The second kappa shape index (κ2) is 4.09. The van der Waals surface area contributed by atoms with Crippen molar-refractivity contribution in [2.75, 3.05) is 5.32 Å². The maximum Gasteiger partial charge on any atom is 0.259 e. The average Bonchev–Trinajstić information content (AvgIpc) is 2.64. The summed E-state index contributed by atoms with van der Waals surface area (Å²) in [4.78, 5) is 15.7. The molecule has 2 aromatic rings. The quantitative estimate of drug-likeness (QED) is 0.806. The maximum atomic E-state index is 11.8. The van der Waals surface area contributed by atoms with Crippen LogP contribution in [0.15, 0.2) is 24.8 Å². The van der Waals surface area contributed by atoms with Crippen molar-refractivity contribution in [3.05, 3.63) is 35.9 Å². The van der Waals surface area contributed by atoms with E-state index in [1.807, 2.05) is 6.92 Å². The minimum atomic E-state index is -0.243. The molecule has 1 N–H and O–H groups in total. The van der Waals surface area contributed by atoms with Crippen molar-refractivity contribution in [3.63, 3.8) is 0 Å². The highest BCUT2D eigenvalue weighted by atomic mass is 16.1. The SMILES string of the molecule is Cc1cncc(C(=O)Nc2nncn2C)c1. The molecule has 0 saturated heterocycles. The Morgan fingerprint density at radius 3 is 2.88 bits per heavy atom. The molecule has 0 aliphatic heterocycles. The molecule has 2 aromatic heterocycles. The van der Waals surface area contributed by atoms with E-state index in [2.05, 4.69) is 20.5 Å². The fraction of sp³-hybridized carbons (Fsp3) is 0.200. The van der Waals surface area contributed by atoms with Gasteiger partial charge in [0.25, 0.3) is 5.91 Å². The molecule has 0 spiro atoms. The third-order valence-electron chi connectivity index (χ3n) is 2.07. The first-order chi connectivity index (χ1) is 7.66. The highest BCUT2D eigenvalue weighted by molar-refractivity contribution is 6.03. The first-order valence-electron chi connectivity index (χ1n) is 4.74. The Hall–Kier alpha value is -2.24. The number of aryl methyl sites for hydroxylation is 2. The molecule has 2 heterocycles. The van der Waals surface area contributed by atoms with Crippen LogP contribution in [0.4, 0.5) is 5.95 Å². The molecule has 0 aromatic carbocycles. The smallest absolute Gasteiger partial charge is 0.259 e. The summed E-state index contributed by atoms with van der Waals surface area (Å²) in [7, 11) is 1.75. The minimum absolute atomic E-state index is 0.243. The third-order valence-corrected chi connectivity index (χ3v) is 2.07. The number of rotatable bonds is 2. The molecule has 2 rings (SSSR count). The van der Waals surface area contributed by atoms with Gasteiger partial charge in [0.1, 0.15) is 6.33 Å². The van der Waals surface area contributed by atoms with E-state index in [9.17, 15) is 4.79 Å². The van der Waals surface area contributed by atoms with Crippen LogP contribution in [0, 0.1) is 6.92 Å². The lowest BCUT2D eigenvalue weighted by atomic mass is 10.2. The van der Waals surface area contributed by atoms with E-state index >= 15 is 0 Å². The average molecular weight is 217 g/mol. The van der Waals surface area contributed by atoms with Gasteiger partial charge in [0.15, 0.2) is 0 Å². The predicted octanol–water partition coefficient (Wildman–Crippen LogP) is 0.771. The normalized spacial score (nSPS) is 10.1. The number of nitrogens with one attached hydrogen (secondary N) is 1. The summed E-state index contributed by atoms with van der Waals surface area (Å²) < 4.78 is 1.63. The highest BCUT2D eigenvalue weighted by Gasteiger charge is 2.09. The van der Waals surface area contributed by atoms with Gasteiger partial charge in [-0.05, 0) is 18.6 Å². The number of aromatic nitrogens is 4. The molecule has 0 aliphatic carbocycles. The number of carbonyl (C=O) groups is 1. The lowest BCUT2D eigenvalue weighted by Crippen LogP contribution is -2.15. The molecule has 0 radical (unpaired) electrons. The molecule has 82 valence electrons. The van der Waals surface area contributed by atoms with Gasteiger partial charge in [-0.2, -0.15) is 0 Å². The van der Waals surface area contributed by atoms with Gasteiger partial charge in [-0.3, -0.25) is 15.1 Å². The van der Waals surface area contributed by atoms with Crippen molar-refractivity contribution >= 4 is 11.9 Å². The maximum absolute atomic E-state index is 11.8. The molecular formula is C10H11N5O. The number of carbonyl (C=O) groups excluding carboxylic acids is 1. The predicted molar refractivity (Wildman–Crippen MR) is 57.9 cm³/mol. The fourth-order valence-corrected chi connectivity index (χ4v) is 1.25. The molecule has 0 bridgehead atoms. The van der Waals surface area contributed by atoms with Gasteiger partial charge in [0.05, 0.1) is 5.56 Å². The van der Waals surface area contributed by atoms with Crippen LogP contribution in [-0.2, 0) is 7.05 Å². The van der Waals surface area contributed by atoms with Crippen LogP contribution >= 0.6 is 0 Å². The first-order valence-corrected chi connectivity index (χ1v) is 4.74. The van der Waals surface area contributed by atoms with Gasteiger partial charge in [-0.1, -0.05) is 0 Å². The van der Waals surface area contributed by atoms with Gasteiger partial charge in [-0.15, -0.1) is 10.2 Å². The largest absolute Gasteiger partial charge is 0.303 e. The van der Waals surface area contributed by atoms with Crippen molar-refractivity contribution in [3.8, 4) is 0 Å². The zero-order valence-electron chi connectivity index (χ0n) is 9.01. The lowest BCUT2D eigenvalue weighted by molar-refractivity contribution is 0.102. The van der Waals surface area contributed by atoms with Gasteiger partial charge < -0.3 is 4.57 Å². The van der Waals surface area contributed by atoms with Crippen molar-refractivity contribution in [2.45, 2.75) is 6.92 Å². The Kier molecular flexibility index (Phi) is 2.63. The topological polar surface area (TPSA) is 72.7 Å². The second-order valence-electron chi connectivity index (χ2n) is 3.47. The summed E-state index contributed by atoms with van der Waals surface area (Å²) >= 11 is 0. The van der Waals surface area contributed by atoms with Crippen LogP contribution in [0.5, 0.6) is 0 Å². The number of hydrogen-bond acceptors (Lipinski definition) is 4. The molecule has 0 saturated carbocycles. The number of pyridine rings is 1. The lowest BCUT2D eigenvalue weighted by Gasteiger charge is -2.03. The van der Waals surface area contributed by atoms with E-state index in [0.29, 0.717) is 11.5 Å². The van der Waals surface area contributed by atoms with E-state index in [0.717, 1.165) is 5.56 Å². The van der Waals surface area contributed by atoms with Gasteiger partial charge >= 0.3 is 0 Å². The van der Waals surface area contributed by atoms with Crippen molar-refractivity contribution in [1.82, 2.24) is 19.7 Å². The third kappa shape index (κ3) is 2.05. The van der Waals surface area contributed by atoms with E-state index in [-0.39, 0.29) is 5.91 Å². The Labute approximate surface area is 92.3 Å². The minimum Gasteiger partial charge on any atom is -0.303 e. The Morgan fingerprint density at radius 2 is 2.25 bits per heavy atom. The van der Waals surface area contributed by atoms with E-state index in [4.69, 9.17) is 0 Å². The zero-order chi connectivity index (χ0) is 11.5. The molecule has 0 fully saturated rings. The molecule has 0 aliphatic rings. The summed E-state index contributed by atoms with van der Waals surface area (Å²) in [6, 6.07) is 1.76. The number of nitrogens with zero attached hydrogens (tertiary/aromatic N) is 4. The fourth-order valence-electron chi connectivity index (χ4n) is 1.25. The van der Waals surface area contributed by atoms with E-state index in [1.165, 1.54) is 12.5 Å². The van der Waals surface area contributed by atoms with Crippen LogP contribution in [-0.4, -0.2) is 25.7 Å². The summed E-state index contributed by atoms with van der Waals surface area (Å²) in [5.41, 5.74) is 1.44. The van der Waals surface area contributed by atoms with Crippen molar-refractivity contribution < 1.29 is 4.79 Å². The van der Waals surface area contributed by atoms with E-state index in [1.54, 1.807) is 23.9 Å². The molecule has 6 nitrogen and oxygen atoms in total. The van der Waals surface area contributed by atoms with E-state index < -0.39 is 0 Å². The molecular weight excluding hydrogens is 206 g/mol. The summed E-state index contributed by atoms with van der Waals surface area (Å²) in [5.74, 6) is 0.166. The molecule has 6 heteroatoms. The van der Waals surface area contributed by atoms with Crippen LogP contribution in [0.3, 0.4) is 0 Å². The number of hydrogen-bond donors (Lipinski definition) is 1. The Bertz CT molecular complexity index is 519. The van der Waals surface area contributed by atoms with Gasteiger partial charge in [0, 0.05) is 19.4 Å². The van der Waals surface area contributed by atoms with Crippen LogP contribution in [0.25, 0.3) is 0 Å². The summed E-state index contributed by atoms with van der Waals surface area (Å²) in [6.45, 7) is 1.88. The molecule has 16 heavy (non-hydrogen) atoms. The highest BCUT2D eigenvalue weighted by Crippen LogP contribution is 2.05. The standard InChI is InChI=1S/C10H11N5O/c1-7-3-8(5-11-4-7)9(16)13-10-14-12-6-15(10)2/h3-6H,1-2H3,(H,13,14,16). The number of anilines is 1. The van der Waals surface area contributed by atoms with Crippen LogP contribution < -0.4 is 5.32 Å². The molecule has 0 atom stereocenters. The molecule has 0 unspecified atom stereocenters. The number of amides is 1. The second-order valence-corrected chi connectivity index (χ2v) is 3.47. The summed E-state index contributed by atoms with van der Waals surface area (Å²) in [6.07, 6.45) is 4.72. The molecule has 1 amide bonds. The monoisotopic (exact) mass is 217 g/mol. The zero-order valence-corrected chi connectivity index (χ0v) is 9.01. The summed E-state index contributed by atoms with van der Waals surface area (Å²) in [5, 5.41) is 10.1. The first kappa shape index (κ1) is 10.3. The van der Waals surface area contributed by atoms with Gasteiger partial charge in [0.2, 0.25) is 5.95 Å². The van der Waals surface area contributed by atoms with Crippen LogP contribution in [0.1, 0.15) is 15.9 Å². The Balaban J connectivity index is 2.18. The van der Waals surface area contributed by atoms with Gasteiger partial charge in [-0.25, -0.2) is 0 Å². The Morgan fingerprint density at radius 1 is 1.44 bits per heavy atom. The van der Waals surface area contributed by atoms with Crippen LogP contribution in [0.2, 0.25) is 0 Å². The van der Waals surface area contributed by atoms with Crippen molar-refractivity contribution in [1.29, 1.82) is 0 Å². The van der Waals surface area contributed by atoms with Crippen molar-refractivity contribution in [2.24, 2.45) is 7.05 Å².